The molecule has 0 saturated heterocycles. The van der Waals surface area contributed by atoms with Crippen LogP contribution in [0.2, 0.25) is 0 Å². The summed E-state index contributed by atoms with van der Waals surface area (Å²) in [7, 11) is 0. The van der Waals surface area contributed by atoms with Crippen molar-refractivity contribution < 1.29 is 28.6 Å². The van der Waals surface area contributed by atoms with Crippen LogP contribution in [-0.4, -0.2) is 37.2 Å². The Morgan fingerprint density at radius 2 is 0.481 bits per heavy atom. The maximum absolute atomic E-state index is 12.9. The van der Waals surface area contributed by atoms with E-state index in [0.717, 1.165) is 116 Å². The largest absolute Gasteiger partial charge is 0.462 e. The summed E-state index contributed by atoms with van der Waals surface area (Å²) in [6.45, 7) is 6.45. The van der Waals surface area contributed by atoms with E-state index >= 15 is 0 Å². The van der Waals surface area contributed by atoms with Crippen LogP contribution >= 0.6 is 0 Å². The smallest absolute Gasteiger partial charge is 0.306 e. The minimum atomic E-state index is -0.777. The zero-order chi connectivity index (χ0) is 58.5. The van der Waals surface area contributed by atoms with Crippen LogP contribution in [0.25, 0.3) is 0 Å². The molecule has 0 bridgehead atoms. The number of hydrogen-bond donors (Lipinski definition) is 0. The summed E-state index contributed by atoms with van der Waals surface area (Å²) in [5.74, 6) is -0.886. The molecule has 0 saturated carbocycles. The molecular formula is C75H128O6. The van der Waals surface area contributed by atoms with Crippen molar-refractivity contribution in [2.75, 3.05) is 13.2 Å². The minimum Gasteiger partial charge on any atom is -0.462 e. The van der Waals surface area contributed by atoms with Gasteiger partial charge < -0.3 is 14.2 Å². The molecule has 0 aromatic carbocycles. The second kappa shape index (κ2) is 68.6. The third kappa shape index (κ3) is 66.8. The Morgan fingerprint density at radius 1 is 0.259 bits per heavy atom. The second-order valence-electron chi connectivity index (χ2n) is 22.7. The maximum atomic E-state index is 12.9. The normalized spacial score (nSPS) is 12.8. The van der Waals surface area contributed by atoms with E-state index in [0.29, 0.717) is 19.3 Å². The minimum absolute atomic E-state index is 0.0782. The van der Waals surface area contributed by atoms with E-state index in [-0.39, 0.29) is 31.1 Å². The lowest BCUT2D eigenvalue weighted by atomic mass is 10.0. The van der Waals surface area contributed by atoms with Gasteiger partial charge in [-0.15, -0.1) is 0 Å². The number of esters is 3. The topological polar surface area (TPSA) is 78.9 Å². The average Bonchev–Trinajstić information content (AvgIpc) is 3.47. The van der Waals surface area contributed by atoms with Gasteiger partial charge in [0.1, 0.15) is 13.2 Å². The zero-order valence-electron chi connectivity index (χ0n) is 53.3. The van der Waals surface area contributed by atoms with E-state index in [1.54, 1.807) is 0 Å². The summed E-state index contributed by atoms with van der Waals surface area (Å²) in [6, 6.07) is 0. The van der Waals surface area contributed by atoms with Gasteiger partial charge in [-0.3, -0.25) is 14.4 Å². The van der Waals surface area contributed by atoms with Gasteiger partial charge in [0.25, 0.3) is 0 Å². The Balaban J connectivity index is 4.02. The van der Waals surface area contributed by atoms with Crippen molar-refractivity contribution in [1.82, 2.24) is 0 Å². The molecule has 0 heterocycles. The Bertz CT molecular complexity index is 1620. The van der Waals surface area contributed by atoms with Gasteiger partial charge in [-0.1, -0.05) is 310 Å². The zero-order valence-corrected chi connectivity index (χ0v) is 53.3. The Morgan fingerprint density at radius 3 is 0.753 bits per heavy atom. The first-order chi connectivity index (χ1) is 40.0. The van der Waals surface area contributed by atoms with E-state index in [1.807, 2.05) is 0 Å². The molecule has 1 atom stereocenters. The molecule has 0 aromatic rings. The van der Waals surface area contributed by atoms with Crippen LogP contribution in [0.4, 0.5) is 0 Å². The Labute approximate surface area is 501 Å². The second-order valence-corrected chi connectivity index (χ2v) is 22.7. The lowest BCUT2D eigenvalue weighted by Crippen LogP contribution is -2.30. The summed E-state index contributed by atoms with van der Waals surface area (Å²) < 4.78 is 16.8. The molecule has 0 radical (unpaired) electrons. The molecule has 6 heteroatoms. The molecule has 0 aliphatic carbocycles. The third-order valence-corrected chi connectivity index (χ3v) is 14.8. The molecule has 0 aromatic heterocycles. The molecule has 0 aliphatic heterocycles. The van der Waals surface area contributed by atoms with Gasteiger partial charge in [0, 0.05) is 19.3 Å². The number of carbonyl (C=O) groups is 3. The highest BCUT2D eigenvalue weighted by molar-refractivity contribution is 5.71. The van der Waals surface area contributed by atoms with Crippen LogP contribution in [0.1, 0.15) is 329 Å². The molecular weight excluding hydrogens is 997 g/mol. The highest BCUT2D eigenvalue weighted by Gasteiger charge is 2.19. The quantitative estimate of drug-likeness (QED) is 0.0261. The first kappa shape index (κ1) is 77.1. The summed E-state index contributed by atoms with van der Waals surface area (Å²) in [6.07, 6.45) is 94.4. The molecule has 81 heavy (non-hydrogen) atoms. The van der Waals surface area contributed by atoms with Gasteiger partial charge >= 0.3 is 17.9 Å². The fourth-order valence-electron chi connectivity index (χ4n) is 9.63. The van der Waals surface area contributed by atoms with Crippen LogP contribution in [0, 0.1) is 0 Å². The van der Waals surface area contributed by atoms with Crippen LogP contribution in [-0.2, 0) is 28.6 Å². The first-order valence-corrected chi connectivity index (χ1v) is 34.4. The molecule has 0 N–H and O–H groups in total. The standard InChI is InChI=1S/C75H128O6/c1-4-7-10-13-15-17-19-21-23-25-27-29-31-33-35-36-37-38-40-41-43-45-47-49-51-53-55-57-59-62-65-68-74(77)80-71-72(70-79-73(76)67-64-61-12-9-6-3)81-75(78)69-66-63-60-58-56-54-52-50-48-46-44-42-39-34-32-30-28-26-24-22-20-18-16-14-11-8-5-2/h7,10,15,17,20-23,26-29,32-35,37-38,72H,4-6,8-9,11-14,16,18-19,24-25,30-31,36,39-71H2,1-3H3/b10-7-,17-15-,22-20-,23-21-,28-26-,29-27-,34-32-,35-33-,38-37-. The number of rotatable bonds is 62. The maximum Gasteiger partial charge on any atom is 0.306 e. The predicted octanol–water partition coefficient (Wildman–Crippen LogP) is 23.8. The lowest BCUT2D eigenvalue weighted by molar-refractivity contribution is -0.167. The third-order valence-electron chi connectivity index (χ3n) is 14.8. The van der Waals surface area contributed by atoms with Crippen molar-refractivity contribution in [2.45, 2.75) is 335 Å². The van der Waals surface area contributed by atoms with E-state index in [1.165, 1.54) is 173 Å². The highest BCUT2D eigenvalue weighted by Crippen LogP contribution is 2.17. The number of ether oxygens (including phenoxy) is 3. The first-order valence-electron chi connectivity index (χ1n) is 34.4. The van der Waals surface area contributed by atoms with E-state index in [9.17, 15) is 14.4 Å². The fourth-order valence-corrected chi connectivity index (χ4v) is 9.63. The number of unbranched alkanes of at least 4 members (excludes halogenated alkanes) is 33. The predicted molar refractivity (Wildman–Crippen MR) is 353 cm³/mol. The van der Waals surface area contributed by atoms with Crippen molar-refractivity contribution in [2.24, 2.45) is 0 Å². The van der Waals surface area contributed by atoms with Gasteiger partial charge in [-0.2, -0.15) is 0 Å². The van der Waals surface area contributed by atoms with Gasteiger partial charge in [0.2, 0.25) is 0 Å². The number of allylic oxidation sites excluding steroid dienone is 18. The SMILES string of the molecule is CC/C=C\C/C=C\C/C=C\C/C=C\C/C=C\C/C=C\CCCCCCCCCCCCCCC(=O)OCC(COC(=O)CCCCCCC)OC(=O)CCCCCCCCCCCCCC/C=C\C/C=C\C/C=C\CCCCCCC. The lowest BCUT2D eigenvalue weighted by Gasteiger charge is -2.18. The monoisotopic (exact) mass is 1120 g/mol. The van der Waals surface area contributed by atoms with Crippen LogP contribution in [0.15, 0.2) is 109 Å². The summed E-state index contributed by atoms with van der Waals surface area (Å²) in [5.41, 5.74) is 0. The van der Waals surface area contributed by atoms with Crippen molar-refractivity contribution in [1.29, 1.82) is 0 Å². The summed E-state index contributed by atoms with van der Waals surface area (Å²) in [4.78, 5) is 38.0. The molecule has 0 aliphatic rings. The van der Waals surface area contributed by atoms with E-state index < -0.39 is 6.10 Å². The van der Waals surface area contributed by atoms with Crippen molar-refractivity contribution in [3.05, 3.63) is 109 Å². The average molecular weight is 1130 g/mol. The van der Waals surface area contributed by atoms with Crippen LogP contribution in [0.5, 0.6) is 0 Å². The Kier molecular flexibility index (Phi) is 65.2. The molecule has 6 nitrogen and oxygen atoms in total. The molecule has 0 rings (SSSR count). The highest BCUT2D eigenvalue weighted by atomic mass is 16.6. The summed E-state index contributed by atoms with van der Waals surface area (Å²) in [5, 5.41) is 0. The van der Waals surface area contributed by atoms with Crippen molar-refractivity contribution in [3.63, 3.8) is 0 Å². The van der Waals surface area contributed by atoms with Gasteiger partial charge in [0.05, 0.1) is 0 Å². The molecule has 0 spiro atoms. The van der Waals surface area contributed by atoms with Crippen molar-refractivity contribution in [3.8, 4) is 0 Å². The molecule has 464 valence electrons. The number of hydrogen-bond acceptors (Lipinski definition) is 6. The Hall–Kier alpha value is -3.93. The van der Waals surface area contributed by atoms with Gasteiger partial charge in [-0.25, -0.2) is 0 Å². The molecule has 1 unspecified atom stereocenters. The van der Waals surface area contributed by atoms with Crippen molar-refractivity contribution >= 4 is 17.9 Å². The van der Waals surface area contributed by atoms with Crippen LogP contribution in [0.3, 0.4) is 0 Å². The van der Waals surface area contributed by atoms with Gasteiger partial charge in [-0.05, 0) is 109 Å². The number of carbonyl (C=O) groups excluding carboxylic acids is 3. The van der Waals surface area contributed by atoms with Crippen LogP contribution < -0.4 is 0 Å². The van der Waals surface area contributed by atoms with E-state index in [4.69, 9.17) is 14.2 Å². The van der Waals surface area contributed by atoms with E-state index in [2.05, 4.69) is 130 Å². The molecule has 0 fully saturated rings. The molecule has 0 amide bonds. The fraction of sp³-hybridized carbons (Fsp3) is 0.720. The summed E-state index contributed by atoms with van der Waals surface area (Å²) >= 11 is 0. The van der Waals surface area contributed by atoms with Gasteiger partial charge in [0.15, 0.2) is 6.10 Å².